The minimum atomic E-state index is -4.62. The van der Waals surface area contributed by atoms with Crippen LogP contribution in [0.25, 0.3) is 11.1 Å². The van der Waals surface area contributed by atoms with Crippen LogP contribution in [0.15, 0.2) is 69.7 Å². The molecule has 0 aliphatic carbocycles. The Morgan fingerprint density at radius 1 is 0.947 bits per heavy atom. The van der Waals surface area contributed by atoms with Gasteiger partial charge >= 0.3 is 12.4 Å². The molecule has 202 valence electrons. The first kappa shape index (κ1) is 28.8. The number of aliphatic imine (C=N–C) groups is 1. The number of halogens is 6. The van der Waals surface area contributed by atoms with Crippen molar-refractivity contribution in [1.82, 2.24) is 9.55 Å². The van der Waals surface area contributed by atoms with E-state index in [1.165, 1.54) is 26.2 Å². The molecule has 0 unspecified atom stereocenters. The number of sulfone groups is 1. The fourth-order valence-corrected chi connectivity index (χ4v) is 4.34. The number of nitrogens with zero attached hydrogens (tertiary/aromatic N) is 4. The van der Waals surface area contributed by atoms with E-state index in [4.69, 9.17) is 0 Å². The first-order valence-electron chi connectivity index (χ1n) is 10.8. The second-order valence-corrected chi connectivity index (χ2v) is 10.2. The number of aryl methyl sites for hydroxylation is 1. The van der Waals surface area contributed by atoms with E-state index in [-0.39, 0.29) is 22.3 Å². The number of rotatable bonds is 4. The molecule has 38 heavy (non-hydrogen) atoms. The smallest absolute Gasteiger partial charge is 0.335 e. The second-order valence-electron chi connectivity index (χ2n) is 8.00. The van der Waals surface area contributed by atoms with E-state index in [9.17, 15) is 39.6 Å². The van der Waals surface area contributed by atoms with Crippen LogP contribution < -0.4 is 5.49 Å². The lowest BCUT2D eigenvalue weighted by molar-refractivity contribution is -0.138. The zero-order chi connectivity index (χ0) is 28.5. The lowest BCUT2D eigenvalue weighted by Crippen LogP contribution is -2.23. The molecule has 0 aliphatic rings. The number of alkyl halides is 6. The molecule has 0 aliphatic heterocycles. The highest BCUT2D eigenvalue weighted by molar-refractivity contribution is 7.91. The van der Waals surface area contributed by atoms with Crippen LogP contribution in [0.4, 0.5) is 26.3 Å². The van der Waals surface area contributed by atoms with Crippen molar-refractivity contribution in [2.75, 3.05) is 5.75 Å². The number of carbonyl (C=O) groups excluding carboxylic acids is 1. The van der Waals surface area contributed by atoms with Gasteiger partial charge in [0.05, 0.1) is 21.8 Å². The second kappa shape index (κ2) is 10.5. The van der Waals surface area contributed by atoms with Gasteiger partial charge in [-0.3, -0.25) is 9.78 Å². The molecule has 0 saturated carbocycles. The number of aromatic nitrogens is 2. The molecule has 2 aromatic heterocycles. The maximum absolute atomic E-state index is 13.0. The van der Waals surface area contributed by atoms with Crippen molar-refractivity contribution in [2.24, 2.45) is 17.0 Å². The van der Waals surface area contributed by atoms with Crippen LogP contribution in [0.3, 0.4) is 0 Å². The summed E-state index contributed by atoms with van der Waals surface area (Å²) < 4.78 is 105. The Kier molecular flexibility index (Phi) is 7.96. The molecule has 0 fully saturated rings. The molecule has 0 atom stereocenters. The van der Waals surface area contributed by atoms with Crippen molar-refractivity contribution in [3.63, 3.8) is 0 Å². The Labute approximate surface area is 213 Å². The molecule has 14 heteroatoms. The molecule has 0 N–H and O–H groups in total. The molecule has 0 radical (unpaired) electrons. The summed E-state index contributed by atoms with van der Waals surface area (Å²) in [5, 5.41) is 0. The van der Waals surface area contributed by atoms with Gasteiger partial charge in [0.25, 0.3) is 0 Å². The topological polar surface area (TPSA) is 93.8 Å². The number of amidine groups is 1. The summed E-state index contributed by atoms with van der Waals surface area (Å²) in [6, 6.07) is 6.91. The quantitative estimate of drug-likeness (QED) is 0.261. The average molecular weight is 559 g/mol. The van der Waals surface area contributed by atoms with Crippen LogP contribution in [-0.2, 0) is 34.0 Å². The highest BCUT2D eigenvalue weighted by atomic mass is 32.2. The predicted octanol–water partition coefficient (Wildman–Crippen LogP) is 4.81. The fourth-order valence-electron chi connectivity index (χ4n) is 3.29. The largest absolute Gasteiger partial charge is 0.417 e. The highest BCUT2D eigenvalue weighted by Crippen LogP contribution is 2.32. The molecular weight excluding hydrogens is 538 g/mol. The molecule has 7 nitrogen and oxygen atoms in total. The Morgan fingerprint density at radius 2 is 1.53 bits per heavy atom. The maximum Gasteiger partial charge on any atom is 0.417 e. The van der Waals surface area contributed by atoms with Crippen molar-refractivity contribution in [2.45, 2.75) is 31.1 Å². The summed E-state index contributed by atoms with van der Waals surface area (Å²) in [6.45, 7) is 2.41. The highest BCUT2D eigenvalue weighted by Gasteiger charge is 2.31. The summed E-state index contributed by atoms with van der Waals surface area (Å²) in [6.07, 6.45) is -7.25. The van der Waals surface area contributed by atoms with Crippen molar-refractivity contribution in [3.8, 4) is 11.1 Å². The Bertz CT molecular complexity index is 1570. The molecule has 1 aromatic carbocycles. The van der Waals surface area contributed by atoms with Gasteiger partial charge < -0.3 is 4.57 Å². The van der Waals surface area contributed by atoms with E-state index in [1.807, 2.05) is 0 Å². The molecule has 0 bridgehead atoms. The molecule has 1 amide bonds. The van der Waals surface area contributed by atoms with Crippen molar-refractivity contribution in [1.29, 1.82) is 0 Å². The number of hydrogen-bond donors (Lipinski definition) is 0. The summed E-state index contributed by atoms with van der Waals surface area (Å²) in [7, 11) is -2.78. The van der Waals surface area contributed by atoms with E-state index in [1.54, 1.807) is 0 Å². The number of hydrogen-bond acceptors (Lipinski definition) is 4. The summed E-state index contributed by atoms with van der Waals surface area (Å²) in [5.74, 6) is -1.66. The molecule has 2 heterocycles. The third-order valence-corrected chi connectivity index (χ3v) is 6.98. The molecule has 0 saturated heterocycles. The van der Waals surface area contributed by atoms with E-state index in [0.717, 1.165) is 54.1 Å². The first-order valence-corrected chi connectivity index (χ1v) is 12.5. The van der Waals surface area contributed by atoms with Crippen LogP contribution in [0, 0.1) is 0 Å². The summed E-state index contributed by atoms with van der Waals surface area (Å²) >= 11 is 0. The van der Waals surface area contributed by atoms with Gasteiger partial charge in [0.15, 0.2) is 15.7 Å². The lowest BCUT2D eigenvalue weighted by atomic mass is 10.0. The van der Waals surface area contributed by atoms with Crippen molar-refractivity contribution >= 4 is 21.6 Å². The normalized spacial score (nSPS) is 13.6. The van der Waals surface area contributed by atoms with Crippen molar-refractivity contribution in [3.05, 3.63) is 77.2 Å². The first-order chi connectivity index (χ1) is 17.5. The molecular formula is C24H20F6N4O3S. The van der Waals surface area contributed by atoms with Gasteiger partial charge in [-0.05, 0) is 35.9 Å². The number of pyridine rings is 2. The van der Waals surface area contributed by atoms with Gasteiger partial charge in [-0.15, -0.1) is 0 Å². The molecule has 3 rings (SSSR count). The summed E-state index contributed by atoms with van der Waals surface area (Å²) in [5.41, 5.74) is -1.90. The molecule has 0 spiro atoms. The van der Waals surface area contributed by atoms with E-state index < -0.39 is 55.7 Å². The van der Waals surface area contributed by atoms with Gasteiger partial charge in [0.1, 0.15) is 11.2 Å². The van der Waals surface area contributed by atoms with Crippen LogP contribution in [-0.4, -0.2) is 35.5 Å². The van der Waals surface area contributed by atoms with E-state index >= 15 is 0 Å². The van der Waals surface area contributed by atoms with Gasteiger partial charge in [-0.2, -0.15) is 31.3 Å². The van der Waals surface area contributed by atoms with Crippen molar-refractivity contribution < 1.29 is 39.6 Å². The third-order valence-electron chi connectivity index (χ3n) is 5.24. The Balaban J connectivity index is 2.23. The van der Waals surface area contributed by atoms with Crippen LogP contribution in [0.1, 0.15) is 30.7 Å². The average Bonchev–Trinajstić information content (AvgIpc) is 2.83. The monoisotopic (exact) mass is 558 g/mol. The minimum Gasteiger partial charge on any atom is -0.335 e. The van der Waals surface area contributed by atoms with Gasteiger partial charge in [-0.25, -0.2) is 13.4 Å². The lowest BCUT2D eigenvalue weighted by Gasteiger charge is -2.12. The third kappa shape index (κ3) is 6.54. The van der Waals surface area contributed by atoms with E-state index in [2.05, 4.69) is 15.0 Å². The minimum absolute atomic E-state index is 0.0912. The molecule has 3 aromatic rings. The van der Waals surface area contributed by atoms with Gasteiger partial charge in [-0.1, -0.05) is 19.1 Å². The predicted molar refractivity (Wildman–Crippen MR) is 126 cm³/mol. The Morgan fingerprint density at radius 3 is 2.03 bits per heavy atom. The Hall–Kier alpha value is -3.81. The number of carbonyl (C=O) groups is 1. The maximum atomic E-state index is 13.0. The number of benzene rings is 1. The van der Waals surface area contributed by atoms with Crippen LogP contribution in [0.5, 0.6) is 0 Å². The van der Waals surface area contributed by atoms with Gasteiger partial charge in [0, 0.05) is 31.9 Å². The SMILES string of the molecule is CCS(=O)(=O)c1cc(-c2ccc(C(F)(F)F)cc2)cnc1C(=NC(C)=O)N=c1ccc(C(F)(F)F)cn1C. The summed E-state index contributed by atoms with van der Waals surface area (Å²) in [4.78, 5) is 23.4. The fraction of sp³-hybridized carbons (Fsp3) is 0.250. The van der Waals surface area contributed by atoms with Gasteiger partial charge in [0.2, 0.25) is 5.91 Å². The zero-order valence-corrected chi connectivity index (χ0v) is 20.9. The van der Waals surface area contributed by atoms with Crippen LogP contribution >= 0.6 is 0 Å². The standard InChI is InChI=1S/C24H20F6N4O3S/c1-4-38(36,37)19-11-16(15-5-7-17(8-6-15)23(25,26)27)12-31-21(19)22(32-14(2)35)33-20-10-9-18(13-34(20)3)24(28,29)30/h5-13H,4H2,1-3H3. The number of amides is 1. The van der Waals surface area contributed by atoms with E-state index in [0.29, 0.717) is 0 Å². The zero-order valence-electron chi connectivity index (χ0n) is 20.1. The van der Waals surface area contributed by atoms with Crippen LogP contribution in [0.2, 0.25) is 0 Å².